The van der Waals surface area contributed by atoms with E-state index in [2.05, 4.69) is 13.8 Å². The van der Waals surface area contributed by atoms with Gasteiger partial charge in [-0.3, -0.25) is 4.79 Å². The Balaban J connectivity index is 3.32. The van der Waals surface area contributed by atoms with Crippen LogP contribution in [0.2, 0.25) is 0 Å². The van der Waals surface area contributed by atoms with E-state index < -0.39 is 6.10 Å². The fourth-order valence-electron chi connectivity index (χ4n) is 8.10. The molecule has 0 heterocycles. The molecule has 55 heavy (non-hydrogen) atoms. The van der Waals surface area contributed by atoms with Gasteiger partial charge in [0.1, 0.15) is 6.10 Å². The highest BCUT2D eigenvalue weighted by Crippen LogP contribution is 2.17. The third-order valence-electron chi connectivity index (χ3n) is 11.9. The van der Waals surface area contributed by atoms with Crippen molar-refractivity contribution in [3.63, 3.8) is 0 Å². The fraction of sp³-hybridized carbons (Fsp3) is 0.980. The smallest absolute Gasteiger partial charge is 0.306 e. The molecule has 0 fully saturated rings. The number of carbonyl (C=O) groups is 1. The van der Waals surface area contributed by atoms with Crippen molar-refractivity contribution in [2.45, 2.75) is 302 Å². The zero-order valence-corrected chi connectivity index (χ0v) is 38.0. The Bertz CT molecular complexity index is 696. The first kappa shape index (κ1) is 54.4. The van der Waals surface area contributed by atoms with Crippen LogP contribution in [0.5, 0.6) is 0 Å². The van der Waals surface area contributed by atoms with E-state index in [4.69, 9.17) is 9.47 Å². The molecule has 1 unspecified atom stereocenters. The summed E-state index contributed by atoms with van der Waals surface area (Å²) in [6, 6.07) is 0. The van der Waals surface area contributed by atoms with E-state index in [0.29, 0.717) is 19.6 Å². The Hall–Kier alpha value is -0.610. The maximum atomic E-state index is 12.3. The number of rotatable bonds is 49. The van der Waals surface area contributed by atoms with Crippen LogP contribution in [0.4, 0.5) is 0 Å². The first-order valence-corrected chi connectivity index (χ1v) is 25.6. The molecule has 0 spiro atoms. The molecule has 0 bridgehead atoms. The van der Waals surface area contributed by atoms with Gasteiger partial charge < -0.3 is 14.6 Å². The summed E-state index contributed by atoms with van der Waals surface area (Å²) in [7, 11) is 0. The van der Waals surface area contributed by atoms with E-state index in [1.807, 2.05) is 0 Å². The molecule has 0 aromatic rings. The monoisotopic (exact) mass is 779 g/mol. The highest BCUT2D eigenvalue weighted by atomic mass is 16.6. The average Bonchev–Trinajstić information content (AvgIpc) is 3.19. The van der Waals surface area contributed by atoms with Gasteiger partial charge in [0.2, 0.25) is 0 Å². The Morgan fingerprint density at radius 2 is 0.600 bits per heavy atom. The molecular formula is C51H102O4. The summed E-state index contributed by atoms with van der Waals surface area (Å²) in [6.45, 7) is 5.42. The van der Waals surface area contributed by atoms with Crippen molar-refractivity contribution in [3.8, 4) is 0 Å². The van der Waals surface area contributed by atoms with E-state index in [1.54, 1.807) is 0 Å². The van der Waals surface area contributed by atoms with Gasteiger partial charge in [-0.15, -0.1) is 0 Å². The maximum absolute atomic E-state index is 12.3. The van der Waals surface area contributed by atoms with Crippen LogP contribution in [-0.2, 0) is 14.3 Å². The lowest BCUT2D eigenvalue weighted by atomic mass is 10.0. The van der Waals surface area contributed by atoms with Crippen molar-refractivity contribution in [2.75, 3.05) is 19.8 Å². The lowest BCUT2D eigenvalue weighted by Gasteiger charge is -2.16. The van der Waals surface area contributed by atoms with Crippen LogP contribution in [0.25, 0.3) is 0 Å². The number of hydrogen-bond acceptors (Lipinski definition) is 4. The van der Waals surface area contributed by atoms with Gasteiger partial charge in [0.15, 0.2) is 0 Å². The molecule has 1 N–H and O–H groups in total. The van der Waals surface area contributed by atoms with Crippen LogP contribution in [0, 0.1) is 0 Å². The van der Waals surface area contributed by atoms with E-state index in [0.717, 1.165) is 19.3 Å². The highest BCUT2D eigenvalue weighted by molar-refractivity contribution is 5.69. The van der Waals surface area contributed by atoms with Crippen molar-refractivity contribution in [2.24, 2.45) is 0 Å². The molecule has 0 aliphatic carbocycles. The quantitative estimate of drug-likeness (QED) is 0.0494. The lowest BCUT2D eigenvalue weighted by molar-refractivity contribution is -0.154. The summed E-state index contributed by atoms with van der Waals surface area (Å²) >= 11 is 0. The first-order chi connectivity index (χ1) is 27.2. The molecule has 0 aliphatic heterocycles. The number of aliphatic hydroxyl groups excluding tert-OH is 1. The summed E-state index contributed by atoms with van der Waals surface area (Å²) in [4.78, 5) is 12.3. The molecule has 0 aliphatic rings. The maximum Gasteiger partial charge on any atom is 0.306 e. The van der Waals surface area contributed by atoms with Gasteiger partial charge in [0, 0.05) is 13.0 Å². The minimum Gasteiger partial charge on any atom is -0.457 e. The molecule has 0 saturated heterocycles. The van der Waals surface area contributed by atoms with Crippen LogP contribution >= 0.6 is 0 Å². The van der Waals surface area contributed by atoms with Crippen LogP contribution in [0.15, 0.2) is 0 Å². The van der Waals surface area contributed by atoms with Gasteiger partial charge >= 0.3 is 5.97 Å². The normalized spacial score (nSPS) is 12.1. The number of hydrogen-bond donors (Lipinski definition) is 1. The minimum absolute atomic E-state index is 0.162. The Morgan fingerprint density at radius 3 is 0.855 bits per heavy atom. The molecule has 0 rings (SSSR count). The molecule has 0 saturated carbocycles. The number of esters is 1. The molecule has 0 amide bonds. The number of ether oxygens (including phenoxy) is 2. The molecule has 1 atom stereocenters. The second-order valence-corrected chi connectivity index (χ2v) is 17.6. The second kappa shape index (κ2) is 49.5. The molecule has 0 aromatic heterocycles. The number of carbonyl (C=O) groups excluding carboxylic acids is 1. The zero-order chi connectivity index (χ0) is 39.8. The molecular weight excluding hydrogens is 677 g/mol. The Morgan fingerprint density at radius 1 is 0.364 bits per heavy atom. The summed E-state index contributed by atoms with van der Waals surface area (Å²) in [5.41, 5.74) is 0. The largest absolute Gasteiger partial charge is 0.457 e. The van der Waals surface area contributed by atoms with Crippen LogP contribution in [-0.4, -0.2) is 37.0 Å². The third-order valence-corrected chi connectivity index (χ3v) is 11.9. The van der Waals surface area contributed by atoms with E-state index in [1.165, 1.54) is 257 Å². The average molecular weight is 779 g/mol. The SMILES string of the molecule is CCCCCCCCCCCCCCCCCCCCCCCCCC(=O)OC(CO)COCCCCCCCCCCCCCCCCCCCCCC. The van der Waals surface area contributed by atoms with Crippen LogP contribution in [0.3, 0.4) is 0 Å². The van der Waals surface area contributed by atoms with Gasteiger partial charge in [-0.25, -0.2) is 0 Å². The number of unbranched alkanes of at least 4 members (excludes halogenated alkanes) is 41. The summed E-state index contributed by atoms with van der Waals surface area (Å²) < 4.78 is 11.2. The zero-order valence-electron chi connectivity index (χ0n) is 38.0. The summed E-state index contributed by atoms with van der Waals surface area (Å²) in [5.74, 6) is -0.190. The minimum atomic E-state index is -0.526. The Labute approximate surface area is 346 Å². The van der Waals surface area contributed by atoms with Gasteiger partial charge in [-0.2, -0.15) is 0 Å². The predicted molar refractivity (Wildman–Crippen MR) is 242 cm³/mol. The van der Waals surface area contributed by atoms with E-state index >= 15 is 0 Å². The predicted octanol–water partition coefficient (Wildman–Crippen LogP) is 17.1. The van der Waals surface area contributed by atoms with Crippen LogP contribution in [0.1, 0.15) is 296 Å². The Kier molecular flexibility index (Phi) is 49.0. The second-order valence-electron chi connectivity index (χ2n) is 17.6. The van der Waals surface area contributed by atoms with Crippen LogP contribution < -0.4 is 0 Å². The molecule has 4 heteroatoms. The molecule has 0 radical (unpaired) electrons. The van der Waals surface area contributed by atoms with Crippen molar-refractivity contribution in [1.29, 1.82) is 0 Å². The fourth-order valence-corrected chi connectivity index (χ4v) is 8.10. The summed E-state index contributed by atoms with van der Waals surface area (Å²) in [6.07, 6.45) is 59.1. The highest BCUT2D eigenvalue weighted by Gasteiger charge is 2.13. The molecule has 330 valence electrons. The van der Waals surface area contributed by atoms with Gasteiger partial charge in [-0.1, -0.05) is 277 Å². The molecule has 4 nitrogen and oxygen atoms in total. The van der Waals surface area contributed by atoms with Gasteiger partial charge in [0.05, 0.1) is 13.2 Å². The topological polar surface area (TPSA) is 55.8 Å². The van der Waals surface area contributed by atoms with E-state index in [-0.39, 0.29) is 12.6 Å². The number of aliphatic hydroxyl groups is 1. The summed E-state index contributed by atoms with van der Waals surface area (Å²) in [5, 5.41) is 9.65. The van der Waals surface area contributed by atoms with Crippen molar-refractivity contribution >= 4 is 5.97 Å². The standard InChI is InChI=1S/C51H102O4/c1-3-5-7-9-11-13-15-17-19-21-23-25-26-27-28-30-32-34-36-38-40-42-44-46-51(53)55-50(48-52)49-54-47-45-43-41-39-37-35-33-31-29-24-22-20-18-16-14-12-10-8-6-4-2/h50,52H,3-49H2,1-2H3. The first-order valence-electron chi connectivity index (χ1n) is 25.6. The van der Waals surface area contributed by atoms with Gasteiger partial charge in [-0.05, 0) is 12.8 Å². The third kappa shape index (κ3) is 47.7. The molecule has 0 aromatic carbocycles. The lowest BCUT2D eigenvalue weighted by Crippen LogP contribution is -2.27. The van der Waals surface area contributed by atoms with Crippen molar-refractivity contribution in [1.82, 2.24) is 0 Å². The van der Waals surface area contributed by atoms with Crippen molar-refractivity contribution < 1.29 is 19.4 Å². The van der Waals surface area contributed by atoms with Gasteiger partial charge in [0.25, 0.3) is 0 Å². The van der Waals surface area contributed by atoms with Crippen molar-refractivity contribution in [3.05, 3.63) is 0 Å². The van der Waals surface area contributed by atoms with E-state index in [9.17, 15) is 9.90 Å².